The summed E-state index contributed by atoms with van der Waals surface area (Å²) in [5.74, 6) is 1.81. The zero-order chi connectivity index (χ0) is 18.3. The molecule has 1 aliphatic heterocycles. The van der Waals surface area contributed by atoms with E-state index in [0.717, 1.165) is 63.1 Å². The summed E-state index contributed by atoms with van der Waals surface area (Å²) < 4.78 is 7.62. The van der Waals surface area contributed by atoms with Crippen LogP contribution in [0.15, 0.2) is 60.7 Å². The number of hydrogen-bond donors (Lipinski definition) is 0. The van der Waals surface area contributed by atoms with E-state index in [9.17, 15) is 0 Å². The molecule has 3 aromatic rings. The third kappa shape index (κ3) is 4.69. The summed E-state index contributed by atoms with van der Waals surface area (Å²) in [5.41, 5.74) is 0.995. The monoisotopic (exact) mass is 364 g/mol. The van der Waals surface area contributed by atoms with Crippen LogP contribution in [0.25, 0.3) is 5.69 Å². The Morgan fingerprint density at radius 2 is 1.48 bits per heavy atom. The highest BCUT2D eigenvalue weighted by Gasteiger charge is 2.19. The fourth-order valence-electron chi connectivity index (χ4n) is 3.25. The van der Waals surface area contributed by atoms with Crippen LogP contribution in [-0.2, 0) is 6.54 Å². The van der Waals surface area contributed by atoms with Gasteiger partial charge in [-0.25, -0.2) is 0 Å². The number of ether oxygens (including phenoxy) is 1. The van der Waals surface area contributed by atoms with Gasteiger partial charge in [-0.2, -0.15) is 4.68 Å². The van der Waals surface area contributed by atoms with Crippen LogP contribution >= 0.6 is 0 Å². The first-order valence-corrected chi connectivity index (χ1v) is 9.34. The minimum Gasteiger partial charge on any atom is -0.492 e. The van der Waals surface area contributed by atoms with Crippen LogP contribution in [0, 0.1) is 0 Å². The SMILES string of the molecule is c1ccc(OCCN2CCN(Cc3nnnn3-c3ccccc3)CC2)cc1. The van der Waals surface area contributed by atoms with Gasteiger partial charge in [0.1, 0.15) is 12.4 Å². The molecule has 1 aromatic heterocycles. The third-order valence-corrected chi connectivity index (χ3v) is 4.78. The maximum atomic E-state index is 5.80. The average Bonchev–Trinajstić information content (AvgIpc) is 3.19. The maximum Gasteiger partial charge on any atom is 0.170 e. The molecule has 0 saturated carbocycles. The predicted octanol–water partition coefficient (Wildman–Crippen LogP) is 1.86. The van der Waals surface area contributed by atoms with Crippen molar-refractivity contribution in [1.82, 2.24) is 30.0 Å². The normalized spacial score (nSPS) is 15.7. The molecule has 0 bridgehead atoms. The summed E-state index contributed by atoms with van der Waals surface area (Å²) in [4.78, 5) is 4.85. The highest BCUT2D eigenvalue weighted by atomic mass is 16.5. The van der Waals surface area contributed by atoms with E-state index in [2.05, 4.69) is 25.3 Å². The summed E-state index contributed by atoms with van der Waals surface area (Å²) in [6.45, 7) is 6.51. The smallest absolute Gasteiger partial charge is 0.170 e. The van der Waals surface area contributed by atoms with Crippen LogP contribution in [0.5, 0.6) is 5.75 Å². The molecule has 7 heteroatoms. The van der Waals surface area contributed by atoms with E-state index in [1.165, 1.54) is 0 Å². The second kappa shape index (κ2) is 8.75. The molecule has 0 spiro atoms. The van der Waals surface area contributed by atoms with Crippen molar-refractivity contribution in [3.05, 3.63) is 66.5 Å². The molecular weight excluding hydrogens is 340 g/mol. The Morgan fingerprint density at radius 1 is 0.815 bits per heavy atom. The van der Waals surface area contributed by atoms with Crippen molar-refractivity contribution >= 4 is 0 Å². The van der Waals surface area contributed by atoms with Crippen LogP contribution in [0.1, 0.15) is 5.82 Å². The van der Waals surface area contributed by atoms with Crippen LogP contribution in [0.3, 0.4) is 0 Å². The van der Waals surface area contributed by atoms with E-state index in [4.69, 9.17) is 4.74 Å². The van der Waals surface area contributed by atoms with E-state index in [-0.39, 0.29) is 0 Å². The van der Waals surface area contributed by atoms with Gasteiger partial charge >= 0.3 is 0 Å². The van der Waals surface area contributed by atoms with E-state index in [1.54, 1.807) is 0 Å². The van der Waals surface area contributed by atoms with E-state index < -0.39 is 0 Å². The van der Waals surface area contributed by atoms with Crippen LogP contribution in [0.4, 0.5) is 0 Å². The minimum atomic E-state index is 0.719. The molecular formula is C20H24N6O. The van der Waals surface area contributed by atoms with Gasteiger partial charge in [-0.15, -0.1) is 5.10 Å². The van der Waals surface area contributed by atoms with Gasteiger partial charge in [0.2, 0.25) is 0 Å². The molecule has 1 aliphatic rings. The average molecular weight is 364 g/mol. The second-order valence-electron chi connectivity index (χ2n) is 6.62. The Kier molecular flexibility index (Phi) is 5.71. The van der Waals surface area contributed by atoms with E-state index >= 15 is 0 Å². The molecule has 140 valence electrons. The van der Waals surface area contributed by atoms with Gasteiger partial charge in [0.25, 0.3) is 0 Å². The molecule has 1 saturated heterocycles. The standard InChI is InChI=1S/C20H24N6O/c1-3-7-18(8-4-1)26-20(21-22-23-26)17-25-13-11-24(12-14-25)15-16-27-19-9-5-2-6-10-19/h1-10H,11-17H2. The molecule has 4 rings (SSSR count). The summed E-state index contributed by atoms with van der Waals surface area (Å²) in [7, 11) is 0. The zero-order valence-corrected chi connectivity index (χ0v) is 15.3. The molecule has 0 radical (unpaired) electrons. The molecule has 2 heterocycles. The number of piperazine rings is 1. The Hall–Kier alpha value is -2.77. The third-order valence-electron chi connectivity index (χ3n) is 4.78. The topological polar surface area (TPSA) is 59.3 Å². The van der Waals surface area contributed by atoms with Crippen molar-refractivity contribution in [3.63, 3.8) is 0 Å². The molecule has 0 unspecified atom stereocenters. The van der Waals surface area contributed by atoms with Gasteiger partial charge in [0, 0.05) is 32.7 Å². The first-order valence-electron chi connectivity index (χ1n) is 9.34. The Morgan fingerprint density at radius 3 is 2.22 bits per heavy atom. The zero-order valence-electron chi connectivity index (χ0n) is 15.3. The number of aromatic nitrogens is 4. The lowest BCUT2D eigenvalue weighted by atomic mass is 10.3. The van der Waals surface area contributed by atoms with Crippen molar-refractivity contribution in [1.29, 1.82) is 0 Å². The Bertz CT molecular complexity index is 815. The quantitative estimate of drug-likeness (QED) is 0.638. The summed E-state index contributed by atoms with van der Waals surface area (Å²) in [6, 6.07) is 20.0. The van der Waals surface area contributed by atoms with Gasteiger partial charge in [0.05, 0.1) is 12.2 Å². The summed E-state index contributed by atoms with van der Waals surface area (Å²) >= 11 is 0. The maximum absolute atomic E-state index is 5.80. The minimum absolute atomic E-state index is 0.719. The van der Waals surface area contributed by atoms with Gasteiger partial charge in [-0.3, -0.25) is 9.80 Å². The van der Waals surface area contributed by atoms with Crippen molar-refractivity contribution < 1.29 is 4.74 Å². The fourth-order valence-corrected chi connectivity index (χ4v) is 3.25. The lowest BCUT2D eigenvalue weighted by Crippen LogP contribution is -2.47. The second-order valence-corrected chi connectivity index (χ2v) is 6.62. The van der Waals surface area contributed by atoms with Crippen molar-refractivity contribution in [2.45, 2.75) is 6.54 Å². The number of tetrazole rings is 1. The summed E-state index contributed by atoms with van der Waals surface area (Å²) in [5, 5.41) is 12.2. The van der Waals surface area contributed by atoms with Crippen LogP contribution in [0.2, 0.25) is 0 Å². The number of hydrogen-bond acceptors (Lipinski definition) is 6. The van der Waals surface area contributed by atoms with Gasteiger partial charge in [-0.1, -0.05) is 36.4 Å². The van der Waals surface area contributed by atoms with Crippen LogP contribution in [-0.4, -0.2) is 69.3 Å². The van der Waals surface area contributed by atoms with Gasteiger partial charge in [0.15, 0.2) is 5.82 Å². The first-order chi connectivity index (χ1) is 13.4. The number of nitrogens with zero attached hydrogens (tertiary/aromatic N) is 6. The fraction of sp³-hybridized carbons (Fsp3) is 0.350. The van der Waals surface area contributed by atoms with Gasteiger partial charge < -0.3 is 4.74 Å². The number of benzene rings is 2. The van der Waals surface area contributed by atoms with E-state index in [1.807, 2.05) is 65.3 Å². The molecule has 2 aromatic carbocycles. The molecule has 0 aliphatic carbocycles. The highest BCUT2D eigenvalue weighted by molar-refractivity contribution is 5.30. The Balaban J connectivity index is 1.24. The molecule has 7 nitrogen and oxygen atoms in total. The van der Waals surface area contributed by atoms with Crippen molar-refractivity contribution in [2.75, 3.05) is 39.3 Å². The predicted molar refractivity (Wildman–Crippen MR) is 103 cm³/mol. The van der Waals surface area contributed by atoms with Crippen LogP contribution < -0.4 is 4.74 Å². The van der Waals surface area contributed by atoms with E-state index in [0.29, 0.717) is 0 Å². The molecule has 0 atom stereocenters. The van der Waals surface area contributed by atoms with Crippen molar-refractivity contribution in [2.24, 2.45) is 0 Å². The number of para-hydroxylation sites is 2. The first kappa shape index (κ1) is 17.6. The molecule has 1 fully saturated rings. The molecule has 0 N–H and O–H groups in total. The molecule has 27 heavy (non-hydrogen) atoms. The number of rotatable bonds is 7. The highest BCUT2D eigenvalue weighted by Crippen LogP contribution is 2.12. The van der Waals surface area contributed by atoms with Gasteiger partial charge in [-0.05, 0) is 34.7 Å². The molecule has 0 amide bonds. The largest absolute Gasteiger partial charge is 0.492 e. The lowest BCUT2D eigenvalue weighted by Gasteiger charge is -2.34. The van der Waals surface area contributed by atoms with Crippen molar-refractivity contribution in [3.8, 4) is 11.4 Å². The lowest BCUT2D eigenvalue weighted by molar-refractivity contribution is 0.110. The Labute approximate surface area is 159 Å². The summed E-state index contributed by atoms with van der Waals surface area (Å²) in [6.07, 6.45) is 0.